The molecule has 0 bridgehead atoms. The molecule has 1 aromatic heterocycles. The molecule has 0 saturated heterocycles. The summed E-state index contributed by atoms with van der Waals surface area (Å²) in [5.74, 6) is -0.403. The smallest absolute Gasteiger partial charge is 0.265 e. The van der Waals surface area contributed by atoms with Gasteiger partial charge in [-0.2, -0.15) is 0 Å². The Balaban J connectivity index is 2.88. The summed E-state index contributed by atoms with van der Waals surface area (Å²) in [5, 5.41) is 0. The molecule has 54 valence electrons. The van der Waals surface area contributed by atoms with Gasteiger partial charge in [-0.15, -0.1) is 0 Å². The number of rotatable bonds is 2. The number of carbonyl (C=O) groups is 1. The summed E-state index contributed by atoms with van der Waals surface area (Å²) in [7, 11) is 0. The van der Waals surface area contributed by atoms with Crippen molar-refractivity contribution in [1.29, 1.82) is 0 Å². The molecule has 1 aromatic rings. The second-order valence-electron chi connectivity index (χ2n) is 2.14. The van der Waals surface area contributed by atoms with Crippen LogP contribution in [-0.2, 0) is 6.42 Å². The van der Waals surface area contributed by atoms with E-state index >= 15 is 0 Å². The summed E-state index contributed by atoms with van der Waals surface area (Å²) in [6.45, 7) is 2.02. The summed E-state index contributed by atoms with van der Waals surface area (Å²) >= 11 is 0. The molecule has 1 heterocycles. The molecule has 3 N–H and O–H groups in total. The van der Waals surface area contributed by atoms with Crippen LogP contribution in [0.5, 0.6) is 0 Å². The van der Waals surface area contributed by atoms with E-state index < -0.39 is 5.91 Å². The van der Waals surface area contributed by atoms with Gasteiger partial charge in [-0.3, -0.25) is 4.79 Å². The number of nitrogens with two attached hydrogens (primary N) is 1. The predicted molar refractivity (Wildman–Crippen MR) is 38.7 cm³/mol. The zero-order chi connectivity index (χ0) is 7.56. The van der Waals surface area contributed by atoms with Gasteiger partial charge in [0.05, 0.1) is 0 Å². The first-order chi connectivity index (χ1) is 4.74. The first-order valence-corrected chi connectivity index (χ1v) is 3.21. The number of primary amides is 1. The van der Waals surface area contributed by atoms with Gasteiger partial charge in [-0.25, -0.2) is 0 Å². The van der Waals surface area contributed by atoms with E-state index in [1.807, 2.05) is 6.92 Å². The van der Waals surface area contributed by atoms with Crippen LogP contribution in [0.15, 0.2) is 12.3 Å². The number of amides is 1. The fourth-order valence-electron chi connectivity index (χ4n) is 0.786. The zero-order valence-electron chi connectivity index (χ0n) is 5.85. The van der Waals surface area contributed by atoms with E-state index in [0.29, 0.717) is 5.69 Å². The van der Waals surface area contributed by atoms with Gasteiger partial charge in [0.15, 0.2) is 0 Å². The Labute approximate surface area is 59.2 Å². The molecule has 0 fully saturated rings. The Bertz CT molecular complexity index is 240. The van der Waals surface area contributed by atoms with Crippen LogP contribution in [0.4, 0.5) is 0 Å². The summed E-state index contributed by atoms with van der Waals surface area (Å²) < 4.78 is 0. The Morgan fingerprint density at radius 2 is 2.50 bits per heavy atom. The zero-order valence-corrected chi connectivity index (χ0v) is 5.85. The van der Waals surface area contributed by atoms with E-state index in [4.69, 9.17) is 5.73 Å². The lowest BCUT2D eigenvalue weighted by Gasteiger charge is -1.84. The minimum absolute atomic E-state index is 0.403. The number of hydrogen-bond acceptors (Lipinski definition) is 1. The van der Waals surface area contributed by atoms with Crippen molar-refractivity contribution < 1.29 is 4.79 Å². The van der Waals surface area contributed by atoms with Gasteiger partial charge < -0.3 is 10.7 Å². The standard InChI is InChI=1S/C7H10N2O/c1-2-5-3-6(7(8)10)9-4-5/h3-4,9H,2H2,1H3,(H2,8,10). The third-order valence-electron chi connectivity index (χ3n) is 1.42. The van der Waals surface area contributed by atoms with Crippen LogP contribution in [-0.4, -0.2) is 10.9 Å². The molecular weight excluding hydrogens is 128 g/mol. The van der Waals surface area contributed by atoms with Crippen LogP contribution in [0.2, 0.25) is 0 Å². The highest BCUT2D eigenvalue weighted by Gasteiger charge is 2.01. The van der Waals surface area contributed by atoms with Gasteiger partial charge in [0.2, 0.25) is 0 Å². The highest BCUT2D eigenvalue weighted by Crippen LogP contribution is 2.02. The number of aryl methyl sites for hydroxylation is 1. The second-order valence-corrected chi connectivity index (χ2v) is 2.14. The van der Waals surface area contributed by atoms with Gasteiger partial charge in [0.25, 0.3) is 5.91 Å². The monoisotopic (exact) mass is 138 g/mol. The van der Waals surface area contributed by atoms with Crippen molar-refractivity contribution in [2.24, 2.45) is 5.73 Å². The molecular formula is C7H10N2O. The average Bonchev–Trinajstić information content (AvgIpc) is 2.34. The number of aromatic amines is 1. The Morgan fingerprint density at radius 3 is 2.80 bits per heavy atom. The maximum Gasteiger partial charge on any atom is 0.265 e. The average molecular weight is 138 g/mol. The van der Waals surface area contributed by atoms with E-state index in [9.17, 15) is 4.79 Å². The predicted octanol–water partition coefficient (Wildman–Crippen LogP) is 0.676. The Kier molecular flexibility index (Phi) is 1.76. The van der Waals surface area contributed by atoms with Crippen molar-refractivity contribution in [3.8, 4) is 0 Å². The highest BCUT2D eigenvalue weighted by molar-refractivity contribution is 5.91. The minimum Gasteiger partial charge on any atom is -0.364 e. The van der Waals surface area contributed by atoms with Crippen molar-refractivity contribution in [2.75, 3.05) is 0 Å². The summed E-state index contributed by atoms with van der Waals surface area (Å²) in [4.78, 5) is 13.3. The summed E-state index contributed by atoms with van der Waals surface area (Å²) in [6, 6.07) is 1.77. The number of nitrogens with one attached hydrogen (secondary N) is 1. The number of hydrogen-bond donors (Lipinski definition) is 2. The fraction of sp³-hybridized carbons (Fsp3) is 0.286. The molecule has 0 unspecified atom stereocenters. The third kappa shape index (κ3) is 1.18. The van der Waals surface area contributed by atoms with Crippen LogP contribution in [0, 0.1) is 0 Å². The lowest BCUT2D eigenvalue weighted by Crippen LogP contribution is -2.10. The van der Waals surface area contributed by atoms with E-state index in [-0.39, 0.29) is 0 Å². The molecule has 0 atom stereocenters. The van der Waals surface area contributed by atoms with Crippen LogP contribution in [0.1, 0.15) is 23.0 Å². The molecule has 1 amide bonds. The van der Waals surface area contributed by atoms with E-state index in [0.717, 1.165) is 12.0 Å². The van der Waals surface area contributed by atoms with Crippen molar-refractivity contribution in [2.45, 2.75) is 13.3 Å². The van der Waals surface area contributed by atoms with Gasteiger partial charge >= 0.3 is 0 Å². The van der Waals surface area contributed by atoms with E-state index in [1.54, 1.807) is 12.3 Å². The van der Waals surface area contributed by atoms with Crippen LogP contribution < -0.4 is 5.73 Å². The van der Waals surface area contributed by atoms with Gasteiger partial charge in [0, 0.05) is 6.20 Å². The lowest BCUT2D eigenvalue weighted by molar-refractivity contribution is 0.0996. The molecule has 0 aliphatic heterocycles. The molecule has 0 aliphatic carbocycles. The lowest BCUT2D eigenvalue weighted by atomic mass is 10.2. The second kappa shape index (κ2) is 2.56. The van der Waals surface area contributed by atoms with Crippen molar-refractivity contribution >= 4 is 5.91 Å². The quantitative estimate of drug-likeness (QED) is 0.620. The molecule has 0 aromatic carbocycles. The number of H-pyrrole nitrogens is 1. The maximum atomic E-state index is 10.5. The van der Waals surface area contributed by atoms with Gasteiger partial charge in [0.1, 0.15) is 5.69 Å². The molecule has 3 nitrogen and oxygen atoms in total. The minimum atomic E-state index is -0.403. The van der Waals surface area contributed by atoms with E-state index in [1.165, 1.54) is 0 Å². The summed E-state index contributed by atoms with van der Waals surface area (Å²) in [6.07, 6.45) is 2.71. The molecule has 3 heteroatoms. The van der Waals surface area contributed by atoms with Crippen molar-refractivity contribution in [1.82, 2.24) is 4.98 Å². The first kappa shape index (κ1) is 6.86. The molecule has 10 heavy (non-hydrogen) atoms. The molecule has 0 aliphatic rings. The molecule has 0 radical (unpaired) electrons. The Hall–Kier alpha value is -1.25. The van der Waals surface area contributed by atoms with Crippen LogP contribution in [0.3, 0.4) is 0 Å². The molecule has 0 spiro atoms. The normalized spacial score (nSPS) is 9.70. The van der Waals surface area contributed by atoms with Crippen LogP contribution in [0.25, 0.3) is 0 Å². The summed E-state index contributed by atoms with van der Waals surface area (Å²) in [5.41, 5.74) is 6.60. The van der Waals surface area contributed by atoms with Gasteiger partial charge in [-0.05, 0) is 18.1 Å². The maximum absolute atomic E-state index is 10.5. The van der Waals surface area contributed by atoms with E-state index in [2.05, 4.69) is 4.98 Å². The fourth-order valence-corrected chi connectivity index (χ4v) is 0.786. The molecule has 0 saturated carbocycles. The first-order valence-electron chi connectivity index (χ1n) is 3.21. The number of aromatic nitrogens is 1. The van der Waals surface area contributed by atoms with Crippen LogP contribution >= 0.6 is 0 Å². The number of carbonyl (C=O) groups excluding carboxylic acids is 1. The van der Waals surface area contributed by atoms with Crippen molar-refractivity contribution in [3.63, 3.8) is 0 Å². The Morgan fingerprint density at radius 1 is 1.80 bits per heavy atom. The largest absolute Gasteiger partial charge is 0.364 e. The topological polar surface area (TPSA) is 58.9 Å². The third-order valence-corrected chi connectivity index (χ3v) is 1.42. The SMILES string of the molecule is CCc1c[nH]c(C(N)=O)c1. The molecule has 1 rings (SSSR count). The van der Waals surface area contributed by atoms with Crippen molar-refractivity contribution in [3.05, 3.63) is 23.5 Å². The van der Waals surface area contributed by atoms with Gasteiger partial charge in [-0.1, -0.05) is 6.92 Å². The highest BCUT2D eigenvalue weighted by atomic mass is 16.1.